The Morgan fingerprint density at radius 1 is 1.44 bits per heavy atom. The number of hydrogen-bond acceptors (Lipinski definition) is 4. The lowest BCUT2D eigenvalue weighted by Crippen LogP contribution is -2.42. The van der Waals surface area contributed by atoms with Crippen LogP contribution in [0.3, 0.4) is 0 Å². The molecule has 4 N–H and O–H groups in total. The number of nitrogens with two attached hydrogens (primary N) is 1. The molecule has 1 amide bonds. The van der Waals surface area contributed by atoms with Gasteiger partial charge in [0.1, 0.15) is 0 Å². The molecular weight excluding hydrogens is 248 g/mol. The summed E-state index contributed by atoms with van der Waals surface area (Å²) < 4.78 is 0. The zero-order valence-corrected chi connectivity index (χ0v) is 11.3. The Bertz CT molecular complexity index is 359. The first kappa shape index (κ1) is 15.0. The Morgan fingerprint density at radius 2 is 2.11 bits per heavy atom. The molecular formula is C13H20N2O2S. The van der Waals surface area contributed by atoms with Gasteiger partial charge in [0, 0.05) is 6.54 Å². The third-order valence-electron chi connectivity index (χ3n) is 2.62. The number of amides is 1. The van der Waals surface area contributed by atoms with E-state index in [4.69, 9.17) is 5.73 Å². The van der Waals surface area contributed by atoms with Crippen LogP contribution in [-0.4, -0.2) is 35.6 Å². The summed E-state index contributed by atoms with van der Waals surface area (Å²) in [5.74, 6) is 0.648. The van der Waals surface area contributed by atoms with E-state index in [2.05, 4.69) is 5.32 Å². The van der Waals surface area contributed by atoms with Crippen LogP contribution < -0.4 is 11.1 Å². The van der Waals surface area contributed by atoms with E-state index >= 15 is 0 Å². The largest absolute Gasteiger partial charge is 0.387 e. The van der Waals surface area contributed by atoms with Crippen LogP contribution in [0, 0.1) is 0 Å². The van der Waals surface area contributed by atoms with E-state index in [1.54, 1.807) is 11.8 Å². The van der Waals surface area contributed by atoms with Crippen LogP contribution in [0.1, 0.15) is 18.1 Å². The summed E-state index contributed by atoms with van der Waals surface area (Å²) in [7, 11) is 0. The average Bonchev–Trinajstić information content (AvgIpc) is 2.42. The fraction of sp³-hybridized carbons (Fsp3) is 0.462. The second-order valence-corrected chi connectivity index (χ2v) is 5.05. The lowest BCUT2D eigenvalue weighted by atomic mass is 10.1. The molecule has 1 unspecified atom stereocenters. The van der Waals surface area contributed by atoms with Crippen LogP contribution in [0.15, 0.2) is 30.3 Å². The Balaban J connectivity index is 2.34. The molecule has 0 bridgehead atoms. The molecule has 0 aromatic heterocycles. The number of hydrogen-bond donors (Lipinski definition) is 3. The molecule has 4 nitrogen and oxygen atoms in total. The highest BCUT2D eigenvalue weighted by molar-refractivity contribution is 7.98. The second kappa shape index (κ2) is 8.13. The molecule has 5 heteroatoms. The van der Waals surface area contributed by atoms with Gasteiger partial charge in [0.15, 0.2) is 0 Å². The van der Waals surface area contributed by atoms with Gasteiger partial charge in [0.25, 0.3) is 0 Å². The summed E-state index contributed by atoms with van der Waals surface area (Å²) in [6.45, 7) is 0.190. The van der Waals surface area contributed by atoms with Gasteiger partial charge in [-0.3, -0.25) is 4.79 Å². The Morgan fingerprint density at radius 3 is 2.72 bits per heavy atom. The normalized spacial score (nSPS) is 13.9. The highest BCUT2D eigenvalue weighted by Crippen LogP contribution is 2.10. The zero-order chi connectivity index (χ0) is 13.4. The average molecular weight is 268 g/mol. The second-order valence-electron chi connectivity index (χ2n) is 4.06. The number of aliphatic hydroxyl groups excluding tert-OH is 1. The van der Waals surface area contributed by atoms with E-state index in [1.165, 1.54) is 0 Å². The highest BCUT2D eigenvalue weighted by Gasteiger charge is 2.14. The first-order valence-corrected chi connectivity index (χ1v) is 7.29. The molecule has 0 saturated carbocycles. The number of benzene rings is 1. The van der Waals surface area contributed by atoms with E-state index in [1.807, 2.05) is 36.6 Å². The fourth-order valence-electron chi connectivity index (χ4n) is 1.50. The van der Waals surface area contributed by atoms with E-state index in [9.17, 15) is 9.90 Å². The minimum Gasteiger partial charge on any atom is -0.387 e. The van der Waals surface area contributed by atoms with E-state index < -0.39 is 12.1 Å². The maximum atomic E-state index is 11.6. The van der Waals surface area contributed by atoms with E-state index in [0.717, 1.165) is 11.3 Å². The van der Waals surface area contributed by atoms with Crippen molar-refractivity contribution in [3.63, 3.8) is 0 Å². The summed E-state index contributed by atoms with van der Waals surface area (Å²) in [6, 6.07) is 8.73. The van der Waals surface area contributed by atoms with Crippen molar-refractivity contribution in [1.82, 2.24) is 5.32 Å². The van der Waals surface area contributed by atoms with E-state index in [-0.39, 0.29) is 12.5 Å². The molecule has 0 aliphatic carbocycles. The van der Waals surface area contributed by atoms with Crippen LogP contribution in [0.2, 0.25) is 0 Å². The number of aliphatic hydroxyl groups is 1. The smallest absolute Gasteiger partial charge is 0.237 e. The highest BCUT2D eigenvalue weighted by atomic mass is 32.2. The number of rotatable bonds is 7. The summed E-state index contributed by atoms with van der Waals surface area (Å²) in [4.78, 5) is 11.6. The van der Waals surface area contributed by atoms with Gasteiger partial charge in [-0.25, -0.2) is 0 Å². The maximum absolute atomic E-state index is 11.6. The van der Waals surface area contributed by atoms with Crippen LogP contribution in [0.25, 0.3) is 0 Å². The van der Waals surface area contributed by atoms with Crippen molar-refractivity contribution in [2.24, 2.45) is 5.73 Å². The predicted octanol–water partition coefficient (Wildman–Crippen LogP) is 0.917. The van der Waals surface area contributed by atoms with Crippen molar-refractivity contribution in [3.05, 3.63) is 35.9 Å². The third-order valence-corrected chi connectivity index (χ3v) is 3.27. The van der Waals surface area contributed by atoms with E-state index in [0.29, 0.717) is 6.42 Å². The Hall–Kier alpha value is -1.04. The molecule has 0 aliphatic heterocycles. The van der Waals surface area contributed by atoms with Crippen molar-refractivity contribution in [3.8, 4) is 0 Å². The van der Waals surface area contributed by atoms with Gasteiger partial charge in [-0.2, -0.15) is 11.8 Å². The third kappa shape index (κ3) is 5.08. The van der Waals surface area contributed by atoms with Gasteiger partial charge < -0.3 is 16.2 Å². The molecule has 1 aromatic rings. The molecule has 0 aliphatic rings. The van der Waals surface area contributed by atoms with Crippen molar-refractivity contribution in [2.75, 3.05) is 18.6 Å². The molecule has 0 radical (unpaired) electrons. The number of nitrogens with one attached hydrogen (secondary N) is 1. The lowest BCUT2D eigenvalue weighted by Gasteiger charge is -2.15. The van der Waals surface area contributed by atoms with Crippen molar-refractivity contribution >= 4 is 17.7 Å². The van der Waals surface area contributed by atoms with Crippen LogP contribution in [0.5, 0.6) is 0 Å². The summed E-state index contributed by atoms with van der Waals surface area (Å²) in [5.41, 5.74) is 6.51. The van der Waals surface area contributed by atoms with Gasteiger partial charge >= 0.3 is 0 Å². The predicted molar refractivity (Wildman–Crippen MR) is 75.4 cm³/mol. The van der Waals surface area contributed by atoms with Crippen LogP contribution in [-0.2, 0) is 4.79 Å². The summed E-state index contributed by atoms with van der Waals surface area (Å²) in [5, 5.41) is 12.5. The molecule has 1 rings (SSSR count). The van der Waals surface area contributed by atoms with Crippen molar-refractivity contribution < 1.29 is 9.90 Å². The quantitative estimate of drug-likeness (QED) is 0.687. The monoisotopic (exact) mass is 268 g/mol. The van der Waals surface area contributed by atoms with Gasteiger partial charge in [0.2, 0.25) is 5.91 Å². The maximum Gasteiger partial charge on any atom is 0.237 e. The summed E-state index contributed by atoms with van der Waals surface area (Å²) in [6.07, 6.45) is 1.93. The van der Waals surface area contributed by atoms with Crippen molar-refractivity contribution in [1.29, 1.82) is 0 Å². The molecule has 2 atom stereocenters. The minimum atomic E-state index is -0.692. The molecule has 0 saturated heterocycles. The molecule has 0 heterocycles. The van der Waals surface area contributed by atoms with Crippen LogP contribution in [0.4, 0.5) is 0 Å². The number of carbonyl (C=O) groups excluding carboxylic acids is 1. The minimum absolute atomic E-state index is 0.190. The van der Waals surface area contributed by atoms with Gasteiger partial charge in [0.05, 0.1) is 12.1 Å². The molecule has 0 fully saturated rings. The topological polar surface area (TPSA) is 75.4 Å². The van der Waals surface area contributed by atoms with Gasteiger partial charge in [-0.05, 0) is 24.0 Å². The van der Waals surface area contributed by atoms with Crippen molar-refractivity contribution in [2.45, 2.75) is 18.6 Å². The zero-order valence-electron chi connectivity index (χ0n) is 10.5. The fourth-order valence-corrected chi connectivity index (χ4v) is 1.99. The van der Waals surface area contributed by atoms with Gasteiger partial charge in [-0.1, -0.05) is 30.3 Å². The molecule has 1 aromatic carbocycles. The molecule has 100 valence electrons. The lowest BCUT2D eigenvalue weighted by molar-refractivity contribution is -0.122. The molecule has 0 spiro atoms. The first-order valence-electron chi connectivity index (χ1n) is 5.90. The molecule has 18 heavy (non-hydrogen) atoms. The standard InChI is InChI=1S/C13H20N2O2S/c1-18-8-7-11(14)13(17)15-9-12(16)10-5-3-2-4-6-10/h2-6,11-12,16H,7-9,14H2,1H3,(H,15,17)/t11-,12?/m0/s1. The Kier molecular flexibility index (Phi) is 6.78. The number of carbonyl (C=O) groups is 1. The SMILES string of the molecule is CSCC[C@H](N)C(=O)NCC(O)c1ccccc1. The summed E-state index contributed by atoms with van der Waals surface area (Å²) >= 11 is 1.66. The number of thioether (sulfide) groups is 1. The van der Waals surface area contributed by atoms with Crippen LogP contribution >= 0.6 is 11.8 Å². The first-order chi connectivity index (χ1) is 8.65. The van der Waals surface area contributed by atoms with Gasteiger partial charge in [-0.15, -0.1) is 0 Å². The Labute approximate surface area is 112 Å².